The van der Waals surface area contributed by atoms with E-state index in [4.69, 9.17) is 15.6 Å². The summed E-state index contributed by atoms with van der Waals surface area (Å²) in [7, 11) is 0. The summed E-state index contributed by atoms with van der Waals surface area (Å²) in [5.41, 5.74) is 7.25. The molecule has 0 fully saturated rings. The van der Waals surface area contributed by atoms with Crippen molar-refractivity contribution in [1.82, 2.24) is 0 Å². The summed E-state index contributed by atoms with van der Waals surface area (Å²) in [6.07, 6.45) is 0. The molecule has 17 heavy (non-hydrogen) atoms. The van der Waals surface area contributed by atoms with Gasteiger partial charge in [-0.15, -0.1) is 0 Å². The minimum Gasteiger partial charge on any atom is -0.455 e. The van der Waals surface area contributed by atoms with Gasteiger partial charge in [0.25, 0.3) is 0 Å². The minimum absolute atomic E-state index is 0.0285. The molecule has 0 aliphatic rings. The Labute approximate surface area is 108 Å². The summed E-state index contributed by atoms with van der Waals surface area (Å²) in [6, 6.07) is 12.7. The van der Waals surface area contributed by atoms with Crippen LogP contribution in [-0.2, 0) is 6.61 Å². The van der Waals surface area contributed by atoms with Crippen molar-refractivity contribution >= 4 is 21.6 Å². The maximum atomic E-state index is 8.93. The average molecular weight is 294 g/mol. The maximum absolute atomic E-state index is 8.93. The molecule has 0 spiro atoms. The first-order chi connectivity index (χ1) is 8.19. The SMILES string of the molecule is Nc1cc(Br)ccc1Oc1ccc(CO)cc1. The van der Waals surface area contributed by atoms with Crippen molar-refractivity contribution in [3.63, 3.8) is 0 Å². The van der Waals surface area contributed by atoms with Crippen LogP contribution in [0.4, 0.5) is 5.69 Å². The van der Waals surface area contributed by atoms with E-state index in [1.807, 2.05) is 18.2 Å². The first-order valence-corrected chi connectivity index (χ1v) is 5.91. The summed E-state index contributed by atoms with van der Waals surface area (Å²) < 4.78 is 6.55. The molecule has 4 heteroatoms. The van der Waals surface area contributed by atoms with Crippen LogP contribution in [0.2, 0.25) is 0 Å². The van der Waals surface area contributed by atoms with Gasteiger partial charge in [-0.1, -0.05) is 28.1 Å². The molecule has 0 aliphatic carbocycles. The Morgan fingerprint density at radius 2 is 1.82 bits per heavy atom. The molecule has 0 saturated carbocycles. The molecule has 3 nitrogen and oxygen atoms in total. The highest BCUT2D eigenvalue weighted by Crippen LogP contribution is 2.29. The quantitative estimate of drug-likeness (QED) is 0.854. The fraction of sp³-hybridized carbons (Fsp3) is 0.0769. The van der Waals surface area contributed by atoms with E-state index < -0.39 is 0 Å². The Kier molecular flexibility index (Phi) is 3.66. The smallest absolute Gasteiger partial charge is 0.150 e. The second-order valence-electron chi connectivity index (χ2n) is 3.59. The summed E-state index contributed by atoms with van der Waals surface area (Å²) in [5.74, 6) is 1.31. The van der Waals surface area contributed by atoms with Crippen LogP contribution in [0.1, 0.15) is 5.56 Å². The third-order valence-corrected chi connectivity index (χ3v) is 2.80. The van der Waals surface area contributed by atoms with Gasteiger partial charge in [-0.2, -0.15) is 0 Å². The number of nitrogen functional groups attached to an aromatic ring is 1. The zero-order valence-corrected chi connectivity index (χ0v) is 10.6. The van der Waals surface area contributed by atoms with Gasteiger partial charge in [0.15, 0.2) is 0 Å². The largest absolute Gasteiger partial charge is 0.455 e. The molecule has 0 amide bonds. The second kappa shape index (κ2) is 5.21. The summed E-state index contributed by atoms with van der Waals surface area (Å²) >= 11 is 3.34. The lowest BCUT2D eigenvalue weighted by atomic mass is 10.2. The van der Waals surface area contributed by atoms with Gasteiger partial charge in [-0.05, 0) is 35.9 Å². The first kappa shape index (κ1) is 12.0. The van der Waals surface area contributed by atoms with E-state index in [9.17, 15) is 0 Å². The van der Waals surface area contributed by atoms with Crippen molar-refractivity contribution < 1.29 is 9.84 Å². The highest BCUT2D eigenvalue weighted by molar-refractivity contribution is 9.10. The number of aliphatic hydroxyl groups is 1. The number of benzene rings is 2. The van der Waals surface area contributed by atoms with Crippen LogP contribution in [0.3, 0.4) is 0 Å². The first-order valence-electron chi connectivity index (χ1n) is 5.12. The highest BCUT2D eigenvalue weighted by Gasteiger charge is 2.02. The van der Waals surface area contributed by atoms with Crippen molar-refractivity contribution in [2.75, 3.05) is 5.73 Å². The Morgan fingerprint density at radius 3 is 2.41 bits per heavy atom. The number of nitrogens with two attached hydrogens (primary N) is 1. The Bertz CT molecular complexity index is 511. The van der Waals surface area contributed by atoms with Gasteiger partial charge in [0.2, 0.25) is 0 Å². The van der Waals surface area contributed by atoms with Crippen LogP contribution in [0.25, 0.3) is 0 Å². The average Bonchev–Trinajstić information content (AvgIpc) is 2.34. The highest BCUT2D eigenvalue weighted by atomic mass is 79.9. The molecule has 0 aromatic heterocycles. The van der Waals surface area contributed by atoms with Crippen LogP contribution in [0.5, 0.6) is 11.5 Å². The van der Waals surface area contributed by atoms with E-state index in [0.717, 1.165) is 10.0 Å². The van der Waals surface area contributed by atoms with Gasteiger partial charge < -0.3 is 15.6 Å². The van der Waals surface area contributed by atoms with Crippen molar-refractivity contribution in [2.24, 2.45) is 0 Å². The van der Waals surface area contributed by atoms with Crippen LogP contribution >= 0.6 is 15.9 Å². The molecule has 0 unspecified atom stereocenters. The molecule has 0 aliphatic heterocycles. The van der Waals surface area contributed by atoms with Gasteiger partial charge >= 0.3 is 0 Å². The molecule has 3 N–H and O–H groups in total. The van der Waals surface area contributed by atoms with Crippen molar-refractivity contribution in [1.29, 1.82) is 0 Å². The molecule has 0 saturated heterocycles. The zero-order valence-electron chi connectivity index (χ0n) is 9.06. The van der Waals surface area contributed by atoms with E-state index in [-0.39, 0.29) is 6.61 Å². The van der Waals surface area contributed by atoms with Crippen LogP contribution in [0.15, 0.2) is 46.9 Å². The molecule has 2 aromatic carbocycles. The lowest BCUT2D eigenvalue weighted by molar-refractivity contribution is 0.281. The standard InChI is InChI=1S/C13H12BrNO2/c14-10-3-6-13(12(15)7-10)17-11-4-1-9(8-16)2-5-11/h1-7,16H,8,15H2. The molecule has 88 valence electrons. The number of aliphatic hydroxyl groups excluding tert-OH is 1. The van der Waals surface area contributed by atoms with E-state index in [0.29, 0.717) is 17.2 Å². The predicted octanol–water partition coefficient (Wildman–Crippen LogP) is 3.32. The third kappa shape index (κ3) is 2.99. The predicted molar refractivity (Wildman–Crippen MR) is 71.0 cm³/mol. The summed E-state index contributed by atoms with van der Waals surface area (Å²) in [5, 5.41) is 8.93. The van der Waals surface area contributed by atoms with E-state index >= 15 is 0 Å². The maximum Gasteiger partial charge on any atom is 0.150 e. The lowest BCUT2D eigenvalue weighted by Gasteiger charge is -2.09. The Balaban J connectivity index is 2.19. The monoisotopic (exact) mass is 293 g/mol. The number of hydrogen-bond acceptors (Lipinski definition) is 3. The van der Waals surface area contributed by atoms with Crippen molar-refractivity contribution in [3.05, 3.63) is 52.5 Å². The summed E-state index contributed by atoms with van der Waals surface area (Å²) in [6.45, 7) is 0.0285. The number of ether oxygens (including phenoxy) is 1. The van der Waals surface area contributed by atoms with Gasteiger partial charge in [0.1, 0.15) is 11.5 Å². The number of hydrogen-bond donors (Lipinski definition) is 2. The van der Waals surface area contributed by atoms with Crippen LogP contribution in [-0.4, -0.2) is 5.11 Å². The Hall–Kier alpha value is -1.52. The minimum atomic E-state index is 0.0285. The molecule has 0 radical (unpaired) electrons. The lowest BCUT2D eigenvalue weighted by Crippen LogP contribution is -1.92. The van der Waals surface area contributed by atoms with E-state index in [1.165, 1.54) is 0 Å². The topological polar surface area (TPSA) is 55.5 Å². The van der Waals surface area contributed by atoms with Gasteiger partial charge in [0, 0.05) is 4.47 Å². The second-order valence-corrected chi connectivity index (χ2v) is 4.50. The molecular weight excluding hydrogens is 282 g/mol. The van der Waals surface area contributed by atoms with Crippen molar-refractivity contribution in [2.45, 2.75) is 6.61 Å². The van der Waals surface area contributed by atoms with Gasteiger partial charge in [0.05, 0.1) is 12.3 Å². The third-order valence-electron chi connectivity index (χ3n) is 2.31. The van der Waals surface area contributed by atoms with E-state index in [2.05, 4.69) is 15.9 Å². The molecule has 2 rings (SSSR count). The number of anilines is 1. The van der Waals surface area contributed by atoms with Gasteiger partial charge in [-0.25, -0.2) is 0 Å². The molecule has 0 heterocycles. The fourth-order valence-electron chi connectivity index (χ4n) is 1.40. The number of halogens is 1. The zero-order chi connectivity index (χ0) is 12.3. The molecule has 2 aromatic rings. The van der Waals surface area contributed by atoms with E-state index in [1.54, 1.807) is 24.3 Å². The normalized spacial score (nSPS) is 10.2. The molecule has 0 atom stereocenters. The molecule has 0 bridgehead atoms. The van der Waals surface area contributed by atoms with Crippen LogP contribution in [0, 0.1) is 0 Å². The van der Waals surface area contributed by atoms with Crippen LogP contribution < -0.4 is 10.5 Å². The van der Waals surface area contributed by atoms with Gasteiger partial charge in [-0.3, -0.25) is 0 Å². The summed E-state index contributed by atoms with van der Waals surface area (Å²) in [4.78, 5) is 0. The number of rotatable bonds is 3. The molecular formula is C13H12BrNO2. The van der Waals surface area contributed by atoms with Crippen molar-refractivity contribution in [3.8, 4) is 11.5 Å². The fourth-order valence-corrected chi connectivity index (χ4v) is 1.78. The Morgan fingerprint density at radius 1 is 1.12 bits per heavy atom.